The molecule has 0 fully saturated rings. The number of furan rings is 1. The smallest absolute Gasteiger partial charge is 0.325 e. The number of imide groups is 1. The first-order valence-electron chi connectivity index (χ1n) is 10.8. The lowest BCUT2D eigenvalue weighted by Crippen LogP contribution is -2.35. The molecule has 0 saturated heterocycles. The van der Waals surface area contributed by atoms with E-state index in [4.69, 9.17) is 13.9 Å². The highest BCUT2D eigenvalue weighted by atomic mass is 32.2. The number of amides is 3. The normalized spacial score (nSPS) is 12.2. The summed E-state index contributed by atoms with van der Waals surface area (Å²) in [5, 5.41) is 14.0. The molecule has 2 aromatic carbocycles. The molecule has 2 aromatic heterocycles. The average molecular weight is 492 g/mol. The van der Waals surface area contributed by atoms with Crippen molar-refractivity contribution < 1.29 is 23.5 Å². The standard InChI is InChI=1S/C24H21N5O5S/c30-21(26-23(31)25-17-8-9-18-20(13-17)34-12-11-33-18)15-35-24-28-27-22(19-7-4-10-32-19)29(24)14-16-5-2-1-3-6-16/h1-10,13H,11-12,14-15H2,(H2,25,26,30,31). The first kappa shape index (κ1) is 22.5. The number of carbonyl (C=O) groups excluding carboxylic acids is 2. The number of benzene rings is 2. The Morgan fingerprint density at radius 2 is 1.80 bits per heavy atom. The van der Waals surface area contributed by atoms with Gasteiger partial charge < -0.3 is 19.2 Å². The van der Waals surface area contributed by atoms with Crippen molar-refractivity contribution in [3.05, 3.63) is 72.5 Å². The second-order valence-electron chi connectivity index (χ2n) is 7.50. The molecule has 0 bridgehead atoms. The molecule has 5 rings (SSSR count). The van der Waals surface area contributed by atoms with Gasteiger partial charge in [0.2, 0.25) is 11.7 Å². The first-order chi connectivity index (χ1) is 17.2. The fourth-order valence-electron chi connectivity index (χ4n) is 3.47. The summed E-state index contributed by atoms with van der Waals surface area (Å²) in [6.07, 6.45) is 1.57. The number of hydrogen-bond acceptors (Lipinski definition) is 8. The molecular weight excluding hydrogens is 470 g/mol. The third-order valence-electron chi connectivity index (χ3n) is 5.03. The molecule has 3 amide bonds. The average Bonchev–Trinajstić information content (AvgIpc) is 3.53. The van der Waals surface area contributed by atoms with Gasteiger partial charge in [-0.3, -0.25) is 14.7 Å². The number of hydrogen-bond donors (Lipinski definition) is 2. The van der Waals surface area contributed by atoms with Crippen molar-refractivity contribution in [1.82, 2.24) is 20.1 Å². The second kappa shape index (κ2) is 10.3. The Morgan fingerprint density at radius 3 is 2.60 bits per heavy atom. The molecule has 0 spiro atoms. The van der Waals surface area contributed by atoms with E-state index in [0.717, 1.165) is 5.56 Å². The molecule has 2 N–H and O–H groups in total. The molecule has 0 saturated carbocycles. The quantitative estimate of drug-likeness (QED) is 0.375. The summed E-state index contributed by atoms with van der Waals surface area (Å²) in [4.78, 5) is 24.7. The second-order valence-corrected chi connectivity index (χ2v) is 8.45. The van der Waals surface area contributed by atoms with Crippen molar-refractivity contribution in [2.75, 3.05) is 24.3 Å². The maximum atomic E-state index is 12.4. The summed E-state index contributed by atoms with van der Waals surface area (Å²) in [5.74, 6) is 1.78. The summed E-state index contributed by atoms with van der Waals surface area (Å²) in [5.41, 5.74) is 1.53. The number of carbonyl (C=O) groups is 2. The lowest BCUT2D eigenvalue weighted by atomic mass is 10.2. The molecule has 10 nitrogen and oxygen atoms in total. The van der Waals surface area contributed by atoms with Gasteiger partial charge in [0.25, 0.3) is 0 Å². The summed E-state index contributed by atoms with van der Waals surface area (Å²) < 4.78 is 18.3. The van der Waals surface area contributed by atoms with Crippen LogP contribution in [-0.4, -0.2) is 45.7 Å². The van der Waals surface area contributed by atoms with Gasteiger partial charge in [0, 0.05) is 11.8 Å². The number of ether oxygens (including phenoxy) is 2. The Kier molecular flexibility index (Phi) is 6.66. The van der Waals surface area contributed by atoms with Gasteiger partial charge in [-0.1, -0.05) is 42.1 Å². The van der Waals surface area contributed by atoms with Crippen LogP contribution < -0.4 is 20.1 Å². The Bertz CT molecular complexity index is 1320. The molecule has 0 atom stereocenters. The molecule has 35 heavy (non-hydrogen) atoms. The zero-order chi connectivity index (χ0) is 24.0. The van der Waals surface area contributed by atoms with Crippen molar-refractivity contribution in [3.8, 4) is 23.1 Å². The Morgan fingerprint density at radius 1 is 0.971 bits per heavy atom. The highest BCUT2D eigenvalue weighted by Crippen LogP contribution is 2.32. The monoisotopic (exact) mass is 491 g/mol. The number of nitrogens with one attached hydrogen (secondary N) is 2. The van der Waals surface area contributed by atoms with Crippen LogP contribution in [0.2, 0.25) is 0 Å². The van der Waals surface area contributed by atoms with E-state index in [1.807, 2.05) is 34.9 Å². The Hall–Kier alpha value is -4.25. The number of nitrogens with zero attached hydrogens (tertiary/aromatic N) is 3. The molecule has 0 radical (unpaired) electrons. The molecule has 0 aliphatic carbocycles. The van der Waals surface area contributed by atoms with Crippen molar-refractivity contribution in [3.63, 3.8) is 0 Å². The number of fused-ring (bicyclic) bond motifs is 1. The predicted octanol–water partition coefficient (Wildman–Crippen LogP) is 3.80. The maximum Gasteiger partial charge on any atom is 0.325 e. The highest BCUT2D eigenvalue weighted by Gasteiger charge is 2.19. The van der Waals surface area contributed by atoms with Crippen molar-refractivity contribution in [2.45, 2.75) is 11.7 Å². The van der Waals surface area contributed by atoms with Crippen LogP contribution in [0.25, 0.3) is 11.6 Å². The Labute approximate surface area is 204 Å². The lowest BCUT2D eigenvalue weighted by molar-refractivity contribution is -0.117. The van der Waals surface area contributed by atoms with Crippen LogP contribution in [0.3, 0.4) is 0 Å². The highest BCUT2D eigenvalue weighted by molar-refractivity contribution is 7.99. The van der Waals surface area contributed by atoms with Crippen LogP contribution in [0.1, 0.15) is 5.56 Å². The summed E-state index contributed by atoms with van der Waals surface area (Å²) in [6.45, 7) is 1.42. The van der Waals surface area contributed by atoms with Crippen molar-refractivity contribution in [1.29, 1.82) is 0 Å². The molecule has 178 valence electrons. The van der Waals surface area contributed by atoms with Gasteiger partial charge >= 0.3 is 6.03 Å². The molecule has 1 aliphatic heterocycles. The lowest BCUT2D eigenvalue weighted by Gasteiger charge is -2.19. The van der Waals surface area contributed by atoms with E-state index in [2.05, 4.69) is 20.8 Å². The van der Waals surface area contributed by atoms with Gasteiger partial charge in [-0.05, 0) is 29.8 Å². The van der Waals surface area contributed by atoms with E-state index in [0.29, 0.717) is 53.7 Å². The van der Waals surface area contributed by atoms with Crippen LogP contribution in [0, 0.1) is 0 Å². The topological polar surface area (TPSA) is 121 Å². The van der Waals surface area contributed by atoms with Gasteiger partial charge in [0.1, 0.15) is 13.2 Å². The first-order valence-corrected chi connectivity index (χ1v) is 11.8. The zero-order valence-electron chi connectivity index (χ0n) is 18.5. The van der Waals surface area contributed by atoms with Crippen LogP contribution in [0.4, 0.5) is 10.5 Å². The van der Waals surface area contributed by atoms with Crippen LogP contribution >= 0.6 is 11.8 Å². The molecule has 11 heteroatoms. The van der Waals surface area contributed by atoms with E-state index in [1.54, 1.807) is 36.6 Å². The number of aromatic nitrogens is 3. The van der Waals surface area contributed by atoms with Gasteiger partial charge in [0.15, 0.2) is 22.4 Å². The minimum absolute atomic E-state index is 0.0281. The molecular formula is C24H21N5O5S. The largest absolute Gasteiger partial charge is 0.486 e. The number of thioether (sulfide) groups is 1. The Balaban J connectivity index is 1.22. The van der Waals surface area contributed by atoms with E-state index < -0.39 is 11.9 Å². The van der Waals surface area contributed by atoms with E-state index >= 15 is 0 Å². The number of rotatable bonds is 7. The fraction of sp³-hybridized carbons (Fsp3) is 0.167. The molecule has 4 aromatic rings. The van der Waals surface area contributed by atoms with Crippen molar-refractivity contribution in [2.24, 2.45) is 0 Å². The maximum absolute atomic E-state index is 12.4. The summed E-state index contributed by atoms with van der Waals surface area (Å²) in [6, 6.07) is 17.8. The summed E-state index contributed by atoms with van der Waals surface area (Å²) in [7, 11) is 0. The van der Waals surface area contributed by atoms with E-state index in [9.17, 15) is 9.59 Å². The zero-order valence-corrected chi connectivity index (χ0v) is 19.3. The molecule has 1 aliphatic rings. The van der Waals surface area contributed by atoms with Crippen molar-refractivity contribution >= 4 is 29.4 Å². The fourth-order valence-corrected chi connectivity index (χ4v) is 4.21. The van der Waals surface area contributed by atoms with Crippen LogP contribution in [0.15, 0.2) is 76.5 Å². The molecule has 0 unspecified atom stereocenters. The summed E-state index contributed by atoms with van der Waals surface area (Å²) >= 11 is 1.18. The minimum atomic E-state index is -0.644. The molecule has 3 heterocycles. The number of urea groups is 1. The van der Waals surface area contributed by atoms with E-state index in [1.165, 1.54) is 11.8 Å². The van der Waals surface area contributed by atoms with E-state index in [-0.39, 0.29) is 5.75 Å². The SMILES string of the molecule is O=C(CSc1nnc(-c2ccco2)n1Cc1ccccc1)NC(=O)Nc1ccc2c(c1)OCCO2. The predicted molar refractivity (Wildman–Crippen MR) is 129 cm³/mol. The third kappa shape index (κ3) is 5.46. The van der Waals surface area contributed by atoms with Gasteiger partial charge in [0.05, 0.1) is 18.6 Å². The van der Waals surface area contributed by atoms with Gasteiger partial charge in [-0.15, -0.1) is 10.2 Å². The third-order valence-corrected chi connectivity index (χ3v) is 5.99. The minimum Gasteiger partial charge on any atom is -0.486 e. The number of anilines is 1. The van der Waals surface area contributed by atoms with Crippen LogP contribution in [0.5, 0.6) is 11.5 Å². The van der Waals surface area contributed by atoms with Gasteiger partial charge in [-0.2, -0.15) is 0 Å². The van der Waals surface area contributed by atoms with Gasteiger partial charge in [-0.25, -0.2) is 4.79 Å². The van der Waals surface area contributed by atoms with Crippen LogP contribution in [-0.2, 0) is 11.3 Å².